The van der Waals surface area contributed by atoms with Gasteiger partial charge in [-0.15, -0.1) is 0 Å². The Morgan fingerprint density at radius 3 is 1.26 bits per heavy atom. The molecule has 0 fully saturated rings. The summed E-state index contributed by atoms with van der Waals surface area (Å²) >= 11 is 0. The molecule has 0 saturated heterocycles. The van der Waals surface area contributed by atoms with E-state index in [4.69, 9.17) is 0 Å². The second-order valence-corrected chi connectivity index (χ2v) is 6.45. The van der Waals surface area contributed by atoms with Crippen molar-refractivity contribution in [3.63, 3.8) is 0 Å². The maximum Gasteiger partial charge on any atom is 0.206 e. The van der Waals surface area contributed by atoms with E-state index in [1.54, 1.807) is 24.3 Å². The molecule has 0 radical (unpaired) electrons. The SMILES string of the molecule is CCc1ccc(S(=O)(=O)c2ccc(CC)cc2)cc1. The van der Waals surface area contributed by atoms with E-state index in [1.165, 1.54) is 0 Å². The fraction of sp³-hybridized carbons (Fsp3) is 0.250. The van der Waals surface area contributed by atoms with Crippen molar-refractivity contribution in [2.75, 3.05) is 0 Å². The van der Waals surface area contributed by atoms with Crippen LogP contribution in [-0.2, 0) is 22.7 Å². The molecule has 0 aliphatic carbocycles. The molecule has 0 spiro atoms. The summed E-state index contributed by atoms with van der Waals surface area (Å²) in [6.45, 7) is 4.10. The van der Waals surface area contributed by atoms with Crippen LogP contribution in [0.1, 0.15) is 25.0 Å². The molecule has 0 aliphatic heterocycles. The Balaban J connectivity index is 2.39. The first-order chi connectivity index (χ1) is 9.07. The van der Waals surface area contributed by atoms with Gasteiger partial charge in [0, 0.05) is 0 Å². The van der Waals surface area contributed by atoms with Crippen molar-refractivity contribution in [3.05, 3.63) is 59.7 Å². The van der Waals surface area contributed by atoms with Gasteiger partial charge in [0.15, 0.2) is 0 Å². The minimum Gasteiger partial charge on any atom is -0.219 e. The number of aryl methyl sites for hydroxylation is 2. The molecule has 2 aromatic rings. The monoisotopic (exact) mass is 274 g/mol. The standard InChI is InChI=1S/C16H18O2S/c1-3-13-5-9-15(10-6-13)19(17,18)16-11-7-14(4-2)8-12-16/h5-12H,3-4H2,1-2H3. The van der Waals surface area contributed by atoms with Crippen LogP contribution in [0.3, 0.4) is 0 Å². The average molecular weight is 274 g/mol. The summed E-state index contributed by atoms with van der Waals surface area (Å²) in [7, 11) is -3.39. The van der Waals surface area contributed by atoms with Crippen LogP contribution in [0.15, 0.2) is 58.3 Å². The summed E-state index contributed by atoms with van der Waals surface area (Å²) in [4.78, 5) is 0.711. The Morgan fingerprint density at radius 1 is 0.684 bits per heavy atom. The predicted octanol–water partition coefficient (Wildman–Crippen LogP) is 3.64. The summed E-state index contributed by atoms with van der Waals surface area (Å²) in [5.74, 6) is 0. The van der Waals surface area contributed by atoms with Gasteiger partial charge < -0.3 is 0 Å². The van der Waals surface area contributed by atoms with Crippen LogP contribution in [0, 0.1) is 0 Å². The molecule has 0 heterocycles. The smallest absolute Gasteiger partial charge is 0.206 e. The third-order valence-corrected chi connectivity index (χ3v) is 5.07. The topological polar surface area (TPSA) is 34.1 Å². The van der Waals surface area contributed by atoms with Crippen LogP contribution < -0.4 is 0 Å². The number of rotatable bonds is 4. The molecular weight excluding hydrogens is 256 g/mol. The van der Waals surface area contributed by atoms with Crippen LogP contribution in [0.2, 0.25) is 0 Å². The normalized spacial score (nSPS) is 11.5. The van der Waals surface area contributed by atoms with Gasteiger partial charge in [-0.1, -0.05) is 38.1 Å². The van der Waals surface area contributed by atoms with E-state index < -0.39 is 9.84 Å². The van der Waals surface area contributed by atoms with Crippen molar-refractivity contribution in [3.8, 4) is 0 Å². The first-order valence-electron chi connectivity index (χ1n) is 6.51. The molecule has 3 heteroatoms. The molecule has 0 aromatic heterocycles. The molecule has 0 aliphatic rings. The van der Waals surface area contributed by atoms with Crippen LogP contribution >= 0.6 is 0 Å². The minimum absolute atomic E-state index is 0.356. The quantitative estimate of drug-likeness (QED) is 0.853. The van der Waals surface area contributed by atoms with Crippen molar-refractivity contribution in [2.45, 2.75) is 36.5 Å². The molecule has 0 bridgehead atoms. The van der Waals surface area contributed by atoms with Gasteiger partial charge in [0.25, 0.3) is 0 Å². The lowest BCUT2D eigenvalue weighted by Gasteiger charge is -2.06. The van der Waals surface area contributed by atoms with Gasteiger partial charge >= 0.3 is 0 Å². The summed E-state index contributed by atoms with van der Waals surface area (Å²) in [6.07, 6.45) is 1.82. The lowest BCUT2D eigenvalue weighted by atomic mass is 10.2. The van der Waals surface area contributed by atoms with Crippen molar-refractivity contribution < 1.29 is 8.42 Å². The summed E-state index contributed by atoms with van der Waals surface area (Å²) < 4.78 is 24.9. The third-order valence-electron chi connectivity index (χ3n) is 3.28. The Bertz CT molecular complexity index is 585. The summed E-state index contributed by atoms with van der Waals surface area (Å²) in [6, 6.07) is 14.2. The van der Waals surface area contributed by atoms with E-state index in [9.17, 15) is 8.42 Å². The molecule has 0 atom stereocenters. The van der Waals surface area contributed by atoms with E-state index in [-0.39, 0.29) is 0 Å². The number of sulfone groups is 1. The van der Waals surface area contributed by atoms with Crippen molar-refractivity contribution >= 4 is 9.84 Å². The zero-order valence-electron chi connectivity index (χ0n) is 11.3. The summed E-state index contributed by atoms with van der Waals surface area (Å²) in [5, 5.41) is 0. The largest absolute Gasteiger partial charge is 0.219 e. The maximum absolute atomic E-state index is 12.4. The van der Waals surface area contributed by atoms with E-state index in [0.29, 0.717) is 9.79 Å². The lowest BCUT2D eigenvalue weighted by molar-refractivity contribution is 0.596. The highest BCUT2D eigenvalue weighted by atomic mass is 32.2. The van der Waals surface area contributed by atoms with Crippen molar-refractivity contribution in [1.29, 1.82) is 0 Å². The molecule has 100 valence electrons. The Labute approximate surface area is 115 Å². The highest BCUT2D eigenvalue weighted by molar-refractivity contribution is 7.91. The molecular formula is C16H18O2S. The second-order valence-electron chi connectivity index (χ2n) is 4.50. The first kappa shape index (κ1) is 13.8. The molecule has 2 rings (SSSR count). The van der Waals surface area contributed by atoms with E-state index in [2.05, 4.69) is 0 Å². The van der Waals surface area contributed by atoms with Crippen molar-refractivity contribution in [2.24, 2.45) is 0 Å². The molecule has 2 nitrogen and oxygen atoms in total. The number of hydrogen-bond donors (Lipinski definition) is 0. The van der Waals surface area contributed by atoms with Crippen LogP contribution in [0.25, 0.3) is 0 Å². The second kappa shape index (κ2) is 5.57. The van der Waals surface area contributed by atoms with Gasteiger partial charge in [0.2, 0.25) is 9.84 Å². The Hall–Kier alpha value is -1.61. The van der Waals surface area contributed by atoms with Gasteiger partial charge in [-0.05, 0) is 48.2 Å². The molecule has 0 amide bonds. The minimum atomic E-state index is -3.39. The van der Waals surface area contributed by atoms with Gasteiger partial charge in [-0.2, -0.15) is 0 Å². The molecule has 2 aromatic carbocycles. The molecule has 19 heavy (non-hydrogen) atoms. The lowest BCUT2D eigenvalue weighted by Crippen LogP contribution is -2.02. The zero-order chi connectivity index (χ0) is 13.9. The Morgan fingerprint density at radius 2 is 1.00 bits per heavy atom. The number of benzene rings is 2. The van der Waals surface area contributed by atoms with Crippen molar-refractivity contribution in [1.82, 2.24) is 0 Å². The van der Waals surface area contributed by atoms with Crippen LogP contribution in [-0.4, -0.2) is 8.42 Å². The third kappa shape index (κ3) is 2.87. The highest BCUT2D eigenvalue weighted by Crippen LogP contribution is 2.21. The molecule has 0 saturated carbocycles. The average Bonchev–Trinajstić information content (AvgIpc) is 2.47. The van der Waals surface area contributed by atoms with E-state index in [1.807, 2.05) is 38.1 Å². The fourth-order valence-corrected chi connectivity index (χ4v) is 3.21. The van der Waals surface area contributed by atoms with Gasteiger partial charge in [0.1, 0.15) is 0 Å². The first-order valence-corrected chi connectivity index (χ1v) is 7.99. The highest BCUT2D eigenvalue weighted by Gasteiger charge is 2.16. The van der Waals surface area contributed by atoms with Gasteiger partial charge in [0.05, 0.1) is 9.79 Å². The van der Waals surface area contributed by atoms with Crippen LogP contribution in [0.5, 0.6) is 0 Å². The Kier molecular flexibility index (Phi) is 4.05. The number of hydrogen-bond acceptors (Lipinski definition) is 2. The fourth-order valence-electron chi connectivity index (χ4n) is 1.94. The molecule has 0 N–H and O–H groups in total. The predicted molar refractivity (Wildman–Crippen MR) is 77.1 cm³/mol. The van der Waals surface area contributed by atoms with Gasteiger partial charge in [-0.3, -0.25) is 0 Å². The van der Waals surface area contributed by atoms with Gasteiger partial charge in [-0.25, -0.2) is 8.42 Å². The van der Waals surface area contributed by atoms with E-state index >= 15 is 0 Å². The molecule has 0 unspecified atom stereocenters. The maximum atomic E-state index is 12.4. The van der Waals surface area contributed by atoms with E-state index in [0.717, 1.165) is 24.0 Å². The summed E-state index contributed by atoms with van der Waals surface area (Å²) in [5.41, 5.74) is 2.28. The van der Waals surface area contributed by atoms with Crippen LogP contribution in [0.4, 0.5) is 0 Å². The zero-order valence-corrected chi connectivity index (χ0v) is 12.1.